The normalized spacial score (nSPS) is 15.4. The van der Waals surface area contributed by atoms with Gasteiger partial charge in [0.1, 0.15) is 0 Å². The number of carbonyl (C=O) groups is 1. The number of benzene rings is 1. The Labute approximate surface area is 185 Å². The van der Waals surface area contributed by atoms with E-state index in [1.807, 2.05) is 17.9 Å². The van der Waals surface area contributed by atoms with Crippen LogP contribution in [0.25, 0.3) is 6.08 Å². The lowest BCUT2D eigenvalue weighted by Gasteiger charge is -2.34. The van der Waals surface area contributed by atoms with Gasteiger partial charge in [0.05, 0.1) is 11.4 Å². The van der Waals surface area contributed by atoms with E-state index in [1.165, 1.54) is 11.3 Å². The van der Waals surface area contributed by atoms with Gasteiger partial charge in [-0.2, -0.15) is 0 Å². The molecule has 1 saturated heterocycles. The number of hydrogen-bond donors (Lipinski definition) is 0. The monoisotopic (exact) mass is 426 g/mol. The van der Waals surface area contributed by atoms with Gasteiger partial charge in [0.2, 0.25) is 5.91 Å². The molecule has 1 aliphatic rings. The van der Waals surface area contributed by atoms with Gasteiger partial charge in [0.25, 0.3) is 0 Å². The maximum absolute atomic E-state index is 12.7. The molecule has 1 aromatic carbocycles. The van der Waals surface area contributed by atoms with Crippen LogP contribution in [0.15, 0.2) is 41.6 Å². The van der Waals surface area contributed by atoms with Crippen molar-refractivity contribution in [3.63, 3.8) is 0 Å². The first-order chi connectivity index (χ1) is 14.4. The van der Waals surface area contributed by atoms with E-state index in [0.717, 1.165) is 50.1 Å². The first-order valence-electron chi connectivity index (χ1n) is 10.8. The minimum atomic E-state index is 0.217. The standard InChI is InChI=1S/C24H34N4OS/c1-19(2)17-28-21(4)20(3)25-24(28)30-18-23(29)27-15-13-26(14-16-27)12-8-11-22-9-6-5-7-10-22/h5-11,19H,12-18H2,1-4H3. The van der Waals surface area contributed by atoms with E-state index < -0.39 is 0 Å². The van der Waals surface area contributed by atoms with E-state index in [0.29, 0.717) is 11.7 Å². The molecule has 0 aliphatic carbocycles. The fourth-order valence-electron chi connectivity index (χ4n) is 3.61. The van der Waals surface area contributed by atoms with Gasteiger partial charge >= 0.3 is 0 Å². The third kappa shape index (κ3) is 6.22. The van der Waals surface area contributed by atoms with Crippen LogP contribution in [0.4, 0.5) is 0 Å². The SMILES string of the molecule is Cc1nc(SCC(=O)N2CCN(CC=Cc3ccccc3)CC2)n(CC(C)C)c1C. The first-order valence-corrected chi connectivity index (χ1v) is 11.8. The van der Waals surface area contributed by atoms with Crippen molar-refractivity contribution in [2.24, 2.45) is 5.92 Å². The summed E-state index contributed by atoms with van der Waals surface area (Å²) in [5, 5.41) is 0.969. The summed E-state index contributed by atoms with van der Waals surface area (Å²) in [6, 6.07) is 10.4. The van der Waals surface area contributed by atoms with E-state index in [1.54, 1.807) is 11.8 Å². The Morgan fingerprint density at radius 3 is 2.50 bits per heavy atom. The highest BCUT2D eigenvalue weighted by molar-refractivity contribution is 7.99. The number of aryl methyl sites for hydroxylation is 1. The molecular formula is C24H34N4OS. The number of imidazole rings is 1. The van der Waals surface area contributed by atoms with Crippen molar-refractivity contribution in [1.82, 2.24) is 19.4 Å². The van der Waals surface area contributed by atoms with Crippen LogP contribution in [0, 0.1) is 19.8 Å². The van der Waals surface area contributed by atoms with Crippen LogP contribution in [-0.4, -0.2) is 63.7 Å². The van der Waals surface area contributed by atoms with Gasteiger partial charge < -0.3 is 9.47 Å². The number of amides is 1. The van der Waals surface area contributed by atoms with Crippen LogP contribution in [0.5, 0.6) is 0 Å². The number of carbonyl (C=O) groups excluding carboxylic acids is 1. The zero-order valence-electron chi connectivity index (χ0n) is 18.7. The van der Waals surface area contributed by atoms with Crippen LogP contribution in [-0.2, 0) is 11.3 Å². The fourth-order valence-corrected chi connectivity index (χ4v) is 4.62. The third-order valence-corrected chi connectivity index (χ3v) is 6.45. The van der Waals surface area contributed by atoms with Crippen molar-refractivity contribution in [3.8, 4) is 0 Å². The molecule has 1 aliphatic heterocycles. The lowest BCUT2D eigenvalue weighted by Crippen LogP contribution is -2.49. The van der Waals surface area contributed by atoms with Crippen molar-refractivity contribution in [3.05, 3.63) is 53.4 Å². The Morgan fingerprint density at radius 1 is 1.13 bits per heavy atom. The van der Waals surface area contributed by atoms with Crippen molar-refractivity contribution in [1.29, 1.82) is 0 Å². The lowest BCUT2D eigenvalue weighted by atomic mass is 10.2. The van der Waals surface area contributed by atoms with Crippen LogP contribution < -0.4 is 0 Å². The minimum Gasteiger partial charge on any atom is -0.339 e. The van der Waals surface area contributed by atoms with Crippen LogP contribution >= 0.6 is 11.8 Å². The van der Waals surface area contributed by atoms with Gasteiger partial charge in [-0.3, -0.25) is 9.69 Å². The molecule has 2 heterocycles. The molecule has 0 atom stereocenters. The van der Waals surface area contributed by atoms with Crippen LogP contribution in [0.3, 0.4) is 0 Å². The van der Waals surface area contributed by atoms with Crippen molar-refractivity contribution in [2.45, 2.75) is 39.4 Å². The smallest absolute Gasteiger partial charge is 0.233 e. The Bertz CT molecular complexity index is 852. The summed E-state index contributed by atoms with van der Waals surface area (Å²) in [4.78, 5) is 21.8. The number of nitrogens with zero attached hydrogens (tertiary/aromatic N) is 4. The summed E-state index contributed by atoms with van der Waals surface area (Å²) >= 11 is 1.57. The molecule has 1 amide bonds. The van der Waals surface area contributed by atoms with Crippen molar-refractivity contribution in [2.75, 3.05) is 38.5 Å². The highest BCUT2D eigenvalue weighted by Gasteiger charge is 2.21. The molecule has 30 heavy (non-hydrogen) atoms. The predicted octanol–water partition coefficient (Wildman–Crippen LogP) is 4.11. The highest BCUT2D eigenvalue weighted by atomic mass is 32.2. The van der Waals surface area contributed by atoms with E-state index in [-0.39, 0.29) is 5.91 Å². The molecule has 0 unspecified atom stereocenters. The van der Waals surface area contributed by atoms with Crippen molar-refractivity contribution < 1.29 is 4.79 Å². The minimum absolute atomic E-state index is 0.217. The zero-order valence-corrected chi connectivity index (χ0v) is 19.5. The largest absolute Gasteiger partial charge is 0.339 e. The maximum atomic E-state index is 12.7. The Hall–Kier alpha value is -2.05. The molecule has 0 N–H and O–H groups in total. The molecule has 1 aromatic heterocycles. The van der Waals surface area contributed by atoms with E-state index in [2.05, 4.69) is 66.7 Å². The Kier molecular flexibility index (Phi) is 8.16. The second kappa shape index (κ2) is 10.8. The molecule has 1 fully saturated rings. The first kappa shape index (κ1) is 22.6. The van der Waals surface area contributed by atoms with E-state index in [4.69, 9.17) is 4.98 Å². The topological polar surface area (TPSA) is 41.4 Å². The number of thioether (sulfide) groups is 1. The van der Waals surface area contributed by atoms with Crippen molar-refractivity contribution >= 4 is 23.7 Å². The Balaban J connectivity index is 1.45. The molecule has 162 valence electrons. The summed E-state index contributed by atoms with van der Waals surface area (Å²) in [5.41, 5.74) is 3.49. The molecule has 6 heteroatoms. The molecule has 2 aromatic rings. The third-order valence-electron chi connectivity index (χ3n) is 5.49. The predicted molar refractivity (Wildman–Crippen MR) is 126 cm³/mol. The second-order valence-corrected chi connectivity index (χ2v) is 9.30. The quantitative estimate of drug-likeness (QED) is 0.596. The van der Waals surface area contributed by atoms with E-state index >= 15 is 0 Å². The van der Waals surface area contributed by atoms with Crippen LogP contribution in [0.2, 0.25) is 0 Å². The molecule has 0 bridgehead atoms. The molecular weight excluding hydrogens is 392 g/mol. The molecule has 5 nitrogen and oxygen atoms in total. The highest BCUT2D eigenvalue weighted by Crippen LogP contribution is 2.23. The van der Waals surface area contributed by atoms with Crippen LogP contribution in [0.1, 0.15) is 30.8 Å². The summed E-state index contributed by atoms with van der Waals surface area (Å²) < 4.78 is 2.26. The van der Waals surface area contributed by atoms with Gasteiger partial charge in [-0.15, -0.1) is 0 Å². The van der Waals surface area contributed by atoms with Gasteiger partial charge in [0.15, 0.2) is 5.16 Å². The molecule has 0 radical (unpaired) electrons. The average Bonchev–Trinajstić information content (AvgIpc) is 3.00. The molecule has 0 saturated carbocycles. The number of hydrogen-bond acceptors (Lipinski definition) is 4. The van der Waals surface area contributed by atoms with Gasteiger partial charge in [-0.05, 0) is 25.3 Å². The molecule has 3 rings (SSSR count). The fraction of sp³-hybridized carbons (Fsp3) is 0.500. The van der Waals surface area contributed by atoms with Gasteiger partial charge in [-0.1, -0.05) is 68.1 Å². The summed E-state index contributed by atoms with van der Waals surface area (Å²) in [6.45, 7) is 13.9. The second-order valence-electron chi connectivity index (χ2n) is 8.35. The zero-order chi connectivity index (χ0) is 21.5. The van der Waals surface area contributed by atoms with Gasteiger partial charge in [-0.25, -0.2) is 4.98 Å². The lowest BCUT2D eigenvalue weighted by molar-refractivity contribution is -0.130. The number of piperazine rings is 1. The molecule has 0 spiro atoms. The number of rotatable bonds is 8. The van der Waals surface area contributed by atoms with E-state index in [9.17, 15) is 4.79 Å². The summed E-state index contributed by atoms with van der Waals surface area (Å²) in [5.74, 6) is 1.23. The summed E-state index contributed by atoms with van der Waals surface area (Å²) in [6.07, 6.45) is 4.37. The Morgan fingerprint density at radius 2 is 1.83 bits per heavy atom. The number of aromatic nitrogens is 2. The maximum Gasteiger partial charge on any atom is 0.233 e. The van der Waals surface area contributed by atoms with Gasteiger partial charge in [0, 0.05) is 45.0 Å². The summed E-state index contributed by atoms with van der Waals surface area (Å²) in [7, 11) is 0. The average molecular weight is 427 g/mol.